The van der Waals surface area contributed by atoms with Gasteiger partial charge in [-0.25, -0.2) is 4.68 Å². The van der Waals surface area contributed by atoms with Gasteiger partial charge in [0.05, 0.1) is 23.8 Å². The zero-order valence-corrected chi connectivity index (χ0v) is 12.7. The fourth-order valence-corrected chi connectivity index (χ4v) is 2.45. The van der Waals surface area contributed by atoms with Crippen molar-refractivity contribution in [3.8, 4) is 11.4 Å². The highest BCUT2D eigenvalue weighted by Crippen LogP contribution is 2.24. The topological polar surface area (TPSA) is 63.0 Å². The summed E-state index contributed by atoms with van der Waals surface area (Å²) in [6.07, 6.45) is 3.42. The Hall–Kier alpha value is -2.34. The lowest BCUT2D eigenvalue weighted by Gasteiger charge is -2.12. The van der Waals surface area contributed by atoms with Crippen molar-refractivity contribution in [2.24, 2.45) is 0 Å². The molecule has 2 N–H and O–H groups in total. The van der Waals surface area contributed by atoms with Crippen LogP contribution in [-0.4, -0.2) is 20.1 Å². The van der Waals surface area contributed by atoms with Crippen LogP contribution in [0.4, 0.5) is 5.69 Å². The monoisotopic (exact) mass is 344 g/mol. The van der Waals surface area contributed by atoms with Gasteiger partial charge in [0.1, 0.15) is 5.75 Å². The van der Waals surface area contributed by atoms with Crippen LogP contribution >= 0.6 is 15.9 Å². The van der Waals surface area contributed by atoms with Crippen LogP contribution in [0.5, 0.6) is 5.75 Å². The van der Waals surface area contributed by atoms with Crippen molar-refractivity contribution in [2.45, 2.75) is 6.54 Å². The number of phenols is 1. The van der Waals surface area contributed by atoms with E-state index in [0.29, 0.717) is 6.54 Å². The Morgan fingerprint density at radius 1 is 1.19 bits per heavy atom. The van der Waals surface area contributed by atoms with E-state index in [2.05, 4.69) is 31.6 Å². The number of benzene rings is 2. The van der Waals surface area contributed by atoms with E-state index in [1.165, 1.54) is 0 Å². The number of phenolic OH excluding ortho intramolecular Hbond substituents is 1. The molecule has 6 heteroatoms. The van der Waals surface area contributed by atoms with Gasteiger partial charge in [0.15, 0.2) is 0 Å². The van der Waals surface area contributed by atoms with Crippen molar-refractivity contribution >= 4 is 21.6 Å². The Balaban J connectivity index is 1.84. The lowest BCUT2D eigenvalue weighted by atomic mass is 10.2. The van der Waals surface area contributed by atoms with E-state index in [1.54, 1.807) is 23.1 Å². The maximum absolute atomic E-state index is 9.88. The first-order valence-corrected chi connectivity index (χ1v) is 7.20. The van der Waals surface area contributed by atoms with Gasteiger partial charge in [-0.05, 0) is 30.3 Å². The fraction of sp³-hybridized carbons (Fsp3) is 0.0667. The number of aromatic hydroxyl groups is 1. The Kier molecular flexibility index (Phi) is 3.87. The predicted octanol–water partition coefficient (Wildman–Crippen LogP) is 3.35. The molecule has 106 valence electrons. The average Bonchev–Trinajstić information content (AvgIpc) is 3.03. The number of para-hydroxylation sites is 2. The zero-order chi connectivity index (χ0) is 14.7. The third-order valence-electron chi connectivity index (χ3n) is 3.08. The maximum atomic E-state index is 9.88. The van der Waals surface area contributed by atoms with Crippen LogP contribution in [-0.2, 0) is 6.54 Å². The second kappa shape index (κ2) is 5.97. The second-order valence-electron chi connectivity index (χ2n) is 4.49. The van der Waals surface area contributed by atoms with E-state index in [-0.39, 0.29) is 5.75 Å². The van der Waals surface area contributed by atoms with Crippen molar-refractivity contribution in [1.82, 2.24) is 15.0 Å². The minimum atomic E-state index is 0.268. The number of nitrogens with one attached hydrogen (secondary N) is 1. The molecular weight excluding hydrogens is 332 g/mol. The molecule has 0 radical (unpaired) electrons. The number of aromatic nitrogens is 3. The predicted molar refractivity (Wildman–Crippen MR) is 84.5 cm³/mol. The maximum Gasteiger partial charge on any atom is 0.120 e. The minimum Gasteiger partial charge on any atom is -0.508 e. The molecule has 0 fully saturated rings. The summed E-state index contributed by atoms with van der Waals surface area (Å²) in [5.74, 6) is 0.268. The molecule has 1 heterocycles. The SMILES string of the molecule is Oc1ccc(Br)cc1CNc1ccccc1-n1ccnn1. The van der Waals surface area contributed by atoms with Gasteiger partial charge in [0.25, 0.3) is 0 Å². The van der Waals surface area contributed by atoms with Crippen LogP contribution in [0.3, 0.4) is 0 Å². The van der Waals surface area contributed by atoms with Crippen LogP contribution in [0.25, 0.3) is 5.69 Å². The highest BCUT2D eigenvalue weighted by Gasteiger charge is 2.06. The molecule has 0 saturated heterocycles. The van der Waals surface area contributed by atoms with Gasteiger partial charge in [-0.3, -0.25) is 0 Å². The van der Waals surface area contributed by atoms with Crippen molar-refractivity contribution in [3.05, 3.63) is 64.9 Å². The first kappa shape index (κ1) is 13.6. The molecule has 3 aromatic rings. The van der Waals surface area contributed by atoms with Gasteiger partial charge in [-0.2, -0.15) is 0 Å². The van der Waals surface area contributed by atoms with Crippen molar-refractivity contribution < 1.29 is 5.11 Å². The van der Waals surface area contributed by atoms with E-state index in [1.807, 2.05) is 36.4 Å². The number of hydrogen-bond donors (Lipinski definition) is 2. The van der Waals surface area contributed by atoms with Gasteiger partial charge in [-0.1, -0.05) is 33.3 Å². The molecule has 21 heavy (non-hydrogen) atoms. The van der Waals surface area contributed by atoms with E-state index < -0.39 is 0 Å². The summed E-state index contributed by atoms with van der Waals surface area (Å²) in [5, 5.41) is 21.0. The third-order valence-corrected chi connectivity index (χ3v) is 3.58. The third kappa shape index (κ3) is 3.05. The summed E-state index contributed by atoms with van der Waals surface area (Å²) < 4.78 is 2.63. The number of halogens is 1. The summed E-state index contributed by atoms with van der Waals surface area (Å²) in [5.41, 5.74) is 2.64. The Morgan fingerprint density at radius 2 is 2.05 bits per heavy atom. The quantitative estimate of drug-likeness (QED) is 0.761. The molecule has 0 atom stereocenters. The minimum absolute atomic E-state index is 0.268. The number of hydrogen-bond acceptors (Lipinski definition) is 4. The van der Waals surface area contributed by atoms with Gasteiger partial charge in [0.2, 0.25) is 0 Å². The summed E-state index contributed by atoms with van der Waals surface area (Å²) >= 11 is 3.41. The standard InChI is InChI=1S/C15H13BrN4O/c16-12-5-6-15(21)11(9-12)10-17-13-3-1-2-4-14(13)20-8-7-18-19-20/h1-9,17,21H,10H2. The van der Waals surface area contributed by atoms with Crippen molar-refractivity contribution in [3.63, 3.8) is 0 Å². The highest BCUT2D eigenvalue weighted by atomic mass is 79.9. The Morgan fingerprint density at radius 3 is 2.86 bits per heavy atom. The van der Waals surface area contributed by atoms with E-state index in [4.69, 9.17) is 0 Å². The first-order valence-electron chi connectivity index (χ1n) is 6.41. The van der Waals surface area contributed by atoms with Gasteiger partial charge in [0, 0.05) is 16.6 Å². The van der Waals surface area contributed by atoms with Crippen LogP contribution in [0.2, 0.25) is 0 Å². The molecular formula is C15H13BrN4O. The molecule has 0 amide bonds. The number of anilines is 1. The molecule has 0 aliphatic rings. The average molecular weight is 345 g/mol. The highest BCUT2D eigenvalue weighted by molar-refractivity contribution is 9.10. The van der Waals surface area contributed by atoms with Crippen LogP contribution in [0, 0.1) is 0 Å². The summed E-state index contributed by atoms with van der Waals surface area (Å²) in [7, 11) is 0. The molecule has 0 aliphatic heterocycles. The molecule has 0 spiro atoms. The zero-order valence-electron chi connectivity index (χ0n) is 11.1. The van der Waals surface area contributed by atoms with Crippen LogP contribution < -0.4 is 5.32 Å². The molecule has 5 nitrogen and oxygen atoms in total. The van der Waals surface area contributed by atoms with Crippen LogP contribution in [0.1, 0.15) is 5.56 Å². The first-order chi connectivity index (χ1) is 10.2. The largest absolute Gasteiger partial charge is 0.508 e. The lowest BCUT2D eigenvalue weighted by molar-refractivity contribution is 0.469. The van der Waals surface area contributed by atoms with Crippen LogP contribution in [0.15, 0.2) is 59.3 Å². The molecule has 0 bridgehead atoms. The fourth-order valence-electron chi connectivity index (χ4n) is 2.05. The molecule has 0 aliphatic carbocycles. The van der Waals surface area contributed by atoms with Gasteiger partial charge in [-0.15, -0.1) is 5.10 Å². The van der Waals surface area contributed by atoms with Crippen molar-refractivity contribution in [2.75, 3.05) is 5.32 Å². The van der Waals surface area contributed by atoms with E-state index in [0.717, 1.165) is 21.4 Å². The number of nitrogens with zero attached hydrogens (tertiary/aromatic N) is 3. The summed E-state index contributed by atoms with van der Waals surface area (Å²) in [6, 6.07) is 13.2. The van der Waals surface area contributed by atoms with Gasteiger partial charge >= 0.3 is 0 Å². The summed E-state index contributed by atoms with van der Waals surface area (Å²) in [4.78, 5) is 0. The normalized spacial score (nSPS) is 10.5. The van der Waals surface area contributed by atoms with Gasteiger partial charge < -0.3 is 10.4 Å². The van der Waals surface area contributed by atoms with Crippen molar-refractivity contribution in [1.29, 1.82) is 0 Å². The number of rotatable bonds is 4. The second-order valence-corrected chi connectivity index (χ2v) is 5.41. The molecule has 1 aromatic heterocycles. The molecule has 0 unspecified atom stereocenters. The Labute approximate surface area is 130 Å². The lowest BCUT2D eigenvalue weighted by Crippen LogP contribution is -2.05. The van der Waals surface area contributed by atoms with E-state index in [9.17, 15) is 5.11 Å². The molecule has 0 saturated carbocycles. The Bertz CT molecular complexity index is 743. The van der Waals surface area contributed by atoms with E-state index >= 15 is 0 Å². The molecule has 3 rings (SSSR count). The summed E-state index contributed by atoms with van der Waals surface area (Å²) in [6.45, 7) is 0.511. The smallest absolute Gasteiger partial charge is 0.120 e. The molecule has 2 aromatic carbocycles.